The SMILES string of the molecule is Cl.Oc1cccnc1CSc1ccc(Br)cc1. The first kappa shape index (κ1) is 14.4. The van der Waals surface area contributed by atoms with Crippen LogP contribution in [0, 0.1) is 0 Å². The van der Waals surface area contributed by atoms with Crippen molar-refractivity contribution in [1.82, 2.24) is 4.98 Å². The predicted molar refractivity (Wildman–Crippen MR) is 76.9 cm³/mol. The van der Waals surface area contributed by atoms with Crippen LogP contribution in [0.4, 0.5) is 0 Å². The fourth-order valence-corrected chi connectivity index (χ4v) is 2.34. The summed E-state index contributed by atoms with van der Waals surface area (Å²) in [5, 5.41) is 9.55. The fraction of sp³-hybridized carbons (Fsp3) is 0.0833. The van der Waals surface area contributed by atoms with Crippen molar-refractivity contribution in [2.75, 3.05) is 0 Å². The second-order valence-corrected chi connectivity index (χ2v) is 5.18. The molecule has 17 heavy (non-hydrogen) atoms. The van der Waals surface area contributed by atoms with Gasteiger partial charge >= 0.3 is 0 Å². The van der Waals surface area contributed by atoms with E-state index in [-0.39, 0.29) is 18.2 Å². The Morgan fingerprint density at radius 1 is 1.18 bits per heavy atom. The molecule has 0 aliphatic rings. The van der Waals surface area contributed by atoms with E-state index in [2.05, 4.69) is 20.9 Å². The van der Waals surface area contributed by atoms with Crippen molar-refractivity contribution >= 4 is 40.1 Å². The summed E-state index contributed by atoms with van der Waals surface area (Å²) in [5.41, 5.74) is 0.718. The molecule has 0 atom stereocenters. The van der Waals surface area contributed by atoms with Gasteiger partial charge in [0, 0.05) is 21.3 Å². The highest BCUT2D eigenvalue weighted by molar-refractivity contribution is 9.10. The zero-order valence-corrected chi connectivity index (χ0v) is 12.1. The van der Waals surface area contributed by atoms with Crippen LogP contribution in [0.1, 0.15) is 5.69 Å². The van der Waals surface area contributed by atoms with Crippen LogP contribution in [0.5, 0.6) is 5.75 Å². The van der Waals surface area contributed by atoms with Crippen molar-refractivity contribution in [3.63, 3.8) is 0 Å². The molecule has 0 saturated heterocycles. The number of benzene rings is 1. The molecule has 90 valence electrons. The minimum absolute atomic E-state index is 0. The van der Waals surface area contributed by atoms with Gasteiger partial charge in [-0.3, -0.25) is 4.98 Å². The Bertz CT molecular complexity index is 478. The Labute approximate surface area is 119 Å². The van der Waals surface area contributed by atoms with Crippen molar-refractivity contribution < 1.29 is 5.11 Å². The van der Waals surface area contributed by atoms with Crippen molar-refractivity contribution in [1.29, 1.82) is 0 Å². The van der Waals surface area contributed by atoms with Gasteiger partial charge in [0.2, 0.25) is 0 Å². The van der Waals surface area contributed by atoms with E-state index in [0.717, 1.165) is 15.1 Å². The molecule has 5 heteroatoms. The van der Waals surface area contributed by atoms with Crippen LogP contribution in [0.25, 0.3) is 0 Å². The molecule has 0 aliphatic carbocycles. The zero-order chi connectivity index (χ0) is 11.4. The normalized spacial score (nSPS) is 9.71. The summed E-state index contributed by atoms with van der Waals surface area (Å²) in [6, 6.07) is 11.5. The topological polar surface area (TPSA) is 33.1 Å². The summed E-state index contributed by atoms with van der Waals surface area (Å²) < 4.78 is 1.07. The van der Waals surface area contributed by atoms with E-state index in [1.807, 2.05) is 24.3 Å². The van der Waals surface area contributed by atoms with Gasteiger partial charge in [0.05, 0.1) is 5.69 Å². The van der Waals surface area contributed by atoms with Crippen LogP contribution >= 0.6 is 40.1 Å². The second kappa shape index (κ2) is 6.89. The van der Waals surface area contributed by atoms with Crippen LogP contribution in [0.3, 0.4) is 0 Å². The van der Waals surface area contributed by atoms with Gasteiger partial charge in [0.1, 0.15) is 5.75 Å². The number of pyridine rings is 1. The third-order valence-corrected chi connectivity index (χ3v) is 3.61. The van der Waals surface area contributed by atoms with Gasteiger partial charge in [-0.05, 0) is 36.4 Å². The Morgan fingerprint density at radius 3 is 2.53 bits per heavy atom. The predicted octanol–water partition coefficient (Wildman–Crippen LogP) is 4.26. The Morgan fingerprint density at radius 2 is 1.88 bits per heavy atom. The lowest BCUT2D eigenvalue weighted by Crippen LogP contribution is -1.86. The number of aromatic nitrogens is 1. The van der Waals surface area contributed by atoms with E-state index in [4.69, 9.17) is 0 Å². The van der Waals surface area contributed by atoms with E-state index in [9.17, 15) is 5.11 Å². The quantitative estimate of drug-likeness (QED) is 0.852. The number of aromatic hydroxyl groups is 1. The van der Waals surface area contributed by atoms with E-state index >= 15 is 0 Å². The average Bonchev–Trinajstić information content (AvgIpc) is 2.30. The largest absolute Gasteiger partial charge is 0.506 e. The van der Waals surface area contributed by atoms with Crippen LogP contribution in [-0.2, 0) is 5.75 Å². The molecule has 1 aromatic heterocycles. The molecule has 1 N–H and O–H groups in total. The van der Waals surface area contributed by atoms with Crippen molar-refractivity contribution in [2.45, 2.75) is 10.6 Å². The van der Waals surface area contributed by atoms with Crippen molar-refractivity contribution in [3.8, 4) is 5.75 Å². The summed E-state index contributed by atoms with van der Waals surface area (Å²) in [6.45, 7) is 0. The van der Waals surface area contributed by atoms with Crippen molar-refractivity contribution in [3.05, 3.63) is 52.8 Å². The summed E-state index contributed by atoms with van der Waals surface area (Å²) >= 11 is 5.04. The Hall–Kier alpha value is -0.710. The maximum Gasteiger partial charge on any atom is 0.137 e. The number of hydrogen-bond donors (Lipinski definition) is 1. The molecule has 0 amide bonds. The van der Waals surface area contributed by atoms with Gasteiger partial charge in [-0.1, -0.05) is 15.9 Å². The fourth-order valence-electron chi connectivity index (χ4n) is 1.22. The molecule has 0 aliphatic heterocycles. The zero-order valence-electron chi connectivity index (χ0n) is 8.84. The first-order valence-electron chi connectivity index (χ1n) is 4.77. The molecule has 1 heterocycles. The lowest BCUT2D eigenvalue weighted by Gasteiger charge is -2.03. The summed E-state index contributed by atoms with van der Waals surface area (Å²) in [6.07, 6.45) is 1.69. The van der Waals surface area contributed by atoms with Gasteiger partial charge in [-0.2, -0.15) is 0 Å². The highest BCUT2D eigenvalue weighted by Gasteiger charge is 2.02. The lowest BCUT2D eigenvalue weighted by molar-refractivity contribution is 0.467. The van der Waals surface area contributed by atoms with E-state index in [1.165, 1.54) is 0 Å². The van der Waals surface area contributed by atoms with Crippen LogP contribution in [0.15, 0.2) is 52.0 Å². The number of thioether (sulfide) groups is 1. The van der Waals surface area contributed by atoms with Crippen LogP contribution < -0.4 is 0 Å². The number of hydrogen-bond acceptors (Lipinski definition) is 3. The smallest absolute Gasteiger partial charge is 0.137 e. The van der Waals surface area contributed by atoms with Gasteiger partial charge in [0.15, 0.2) is 0 Å². The Balaban J connectivity index is 0.00000144. The third-order valence-electron chi connectivity index (χ3n) is 2.06. The molecule has 2 aromatic rings. The van der Waals surface area contributed by atoms with Gasteiger partial charge in [-0.15, -0.1) is 24.2 Å². The minimum atomic E-state index is 0. The minimum Gasteiger partial charge on any atom is -0.506 e. The molecule has 0 unspecified atom stereocenters. The molecule has 0 spiro atoms. The van der Waals surface area contributed by atoms with Gasteiger partial charge < -0.3 is 5.11 Å². The summed E-state index contributed by atoms with van der Waals surface area (Å²) in [5.74, 6) is 0.931. The Kier molecular flexibility index (Phi) is 5.82. The molecule has 0 bridgehead atoms. The molecular weight excluding hydrogens is 322 g/mol. The molecule has 1 aromatic carbocycles. The number of rotatable bonds is 3. The monoisotopic (exact) mass is 331 g/mol. The maximum atomic E-state index is 9.55. The maximum absolute atomic E-state index is 9.55. The second-order valence-electron chi connectivity index (χ2n) is 3.21. The highest BCUT2D eigenvalue weighted by atomic mass is 79.9. The molecule has 2 nitrogen and oxygen atoms in total. The van der Waals surface area contributed by atoms with Gasteiger partial charge in [0.25, 0.3) is 0 Å². The van der Waals surface area contributed by atoms with E-state index in [0.29, 0.717) is 5.75 Å². The first-order valence-corrected chi connectivity index (χ1v) is 6.55. The third kappa shape index (κ3) is 4.22. The van der Waals surface area contributed by atoms with E-state index < -0.39 is 0 Å². The molecular formula is C12H11BrClNOS. The lowest BCUT2D eigenvalue weighted by atomic mass is 10.3. The summed E-state index contributed by atoms with van der Waals surface area (Å²) in [4.78, 5) is 5.29. The van der Waals surface area contributed by atoms with Crippen LogP contribution in [0.2, 0.25) is 0 Å². The van der Waals surface area contributed by atoms with E-state index in [1.54, 1.807) is 30.1 Å². The number of halogens is 2. The number of nitrogens with zero attached hydrogens (tertiary/aromatic N) is 1. The standard InChI is InChI=1S/C12H10BrNOS.ClH/c13-9-3-5-10(6-4-9)16-8-11-12(15)2-1-7-14-11;/h1-7,15H,8H2;1H. The molecule has 0 radical (unpaired) electrons. The average molecular weight is 333 g/mol. The summed E-state index contributed by atoms with van der Waals surface area (Å²) in [7, 11) is 0. The molecule has 2 rings (SSSR count). The van der Waals surface area contributed by atoms with Crippen molar-refractivity contribution in [2.24, 2.45) is 0 Å². The molecule has 0 fully saturated rings. The first-order chi connectivity index (χ1) is 7.75. The highest BCUT2D eigenvalue weighted by Crippen LogP contribution is 2.26. The van der Waals surface area contributed by atoms with Gasteiger partial charge in [-0.25, -0.2) is 0 Å². The molecule has 0 saturated carbocycles. The van der Waals surface area contributed by atoms with Crippen LogP contribution in [-0.4, -0.2) is 10.1 Å².